The van der Waals surface area contributed by atoms with E-state index in [1.807, 2.05) is 11.3 Å². The minimum atomic E-state index is 0.477. The fourth-order valence-electron chi connectivity index (χ4n) is 2.74. The molecular weight excluding hydrogens is 228 g/mol. The quantitative estimate of drug-likeness (QED) is 0.862. The van der Waals surface area contributed by atoms with Gasteiger partial charge in [0, 0.05) is 17.3 Å². The summed E-state index contributed by atoms with van der Waals surface area (Å²) < 4.78 is 2.09. The molecule has 2 aromatic heterocycles. The molecule has 1 atom stereocenters. The normalized spacial score (nSPS) is 18.4. The molecular formula is C14H18N2S. The summed E-state index contributed by atoms with van der Waals surface area (Å²) in [5, 5.41) is 2.18. The first-order valence-electron chi connectivity index (χ1n) is 6.36. The van der Waals surface area contributed by atoms with Gasteiger partial charge in [0.05, 0.1) is 6.04 Å². The van der Waals surface area contributed by atoms with Gasteiger partial charge >= 0.3 is 0 Å². The van der Waals surface area contributed by atoms with Crippen LogP contribution in [0, 0.1) is 5.92 Å². The summed E-state index contributed by atoms with van der Waals surface area (Å²) in [5.74, 6) is 0.788. The van der Waals surface area contributed by atoms with Crippen LogP contribution in [-0.4, -0.2) is 4.68 Å². The van der Waals surface area contributed by atoms with E-state index in [1.165, 1.54) is 30.6 Å². The molecule has 2 nitrogen and oxygen atoms in total. The molecule has 1 aliphatic rings. The Morgan fingerprint density at radius 1 is 1.18 bits per heavy atom. The third-order valence-corrected chi connectivity index (χ3v) is 4.57. The van der Waals surface area contributed by atoms with E-state index < -0.39 is 0 Å². The van der Waals surface area contributed by atoms with Crippen LogP contribution in [-0.2, 0) is 0 Å². The van der Waals surface area contributed by atoms with Crippen molar-refractivity contribution in [1.29, 1.82) is 0 Å². The van der Waals surface area contributed by atoms with Gasteiger partial charge in [-0.1, -0.05) is 18.9 Å². The number of nitrogens with one attached hydrogen (secondary N) is 1. The predicted octanol–water partition coefficient (Wildman–Crippen LogP) is 4.02. The van der Waals surface area contributed by atoms with Crippen LogP contribution >= 0.6 is 11.3 Å². The summed E-state index contributed by atoms with van der Waals surface area (Å²) in [4.78, 5) is 1.46. The lowest BCUT2D eigenvalue weighted by atomic mass is 9.97. The summed E-state index contributed by atoms with van der Waals surface area (Å²) in [6, 6.07) is 9.01. The van der Waals surface area contributed by atoms with Gasteiger partial charge in [-0.15, -0.1) is 11.3 Å². The van der Waals surface area contributed by atoms with Gasteiger partial charge in [-0.05, 0) is 42.3 Å². The summed E-state index contributed by atoms with van der Waals surface area (Å²) in [5.41, 5.74) is 3.63. The molecule has 1 N–H and O–H groups in total. The Labute approximate surface area is 106 Å². The average molecular weight is 246 g/mol. The summed E-state index contributed by atoms with van der Waals surface area (Å²) >= 11 is 1.86. The Morgan fingerprint density at radius 3 is 2.59 bits per heavy atom. The lowest BCUT2D eigenvalue weighted by Crippen LogP contribution is -2.24. The molecule has 1 saturated carbocycles. The third kappa shape index (κ3) is 2.39. The fraction of sp³-hybridized carbons (Fsp3) is 0.429. The molecule has 2 heterocycles. The van der Waals surface area contributed by atoms with Crippen LogP contribution in [0.3, 0.4) is 0 Å². The van der Waals surface area contributed by atoms with Crippen molar-refractivity contribution in [1.82, 2.24) is 4.68 Å². The molecule has 1 aliphatic carbocycles. The molecule has 3 rings (SSSR count). The third-order valence-electron chi connectivity index (χ3n) is 3.61. The highest BCUT2D eigenvalue weighted by atomic mass is 32.1. The second-order valence-electron chi connectivity index (χ2n) is 4.76. The van der Waals surface area contributed by atoms with Crippen molar-refractivity contribution in [2.24, 2.45) is 5.92 Å². The lowest BCUT2D eigenvalue weighted by molar-refractivity contribution is 0.446. The highest BCUT2D eigenvalue weighted by Crippen LogP contribution is 2.37. The second-order valence-corrected chi connectivity index (χ2v) is 5.74. The van der Waals surface area contributed by atoms with Gasteiger partial charge in [-0.25, -0.2) is 0 Å². The smallest absolute Gasteiger partial charge is 0.0793 e. The van der Waals surface area contributed by atoms with E-state index in [1.54, 1.807) is 0 Å². The first-order chi connectivity index (χ1) is 8.43. The molecule has 1 unspecified atom stereocenters. The molecule has 1 fully saturated rings. The Morgan fingerprint density at radius 2 is 1.94 bits per heavy atom. The zero-order valence-electron chi connectivity index (χ0n) is 9.88. The van der Waals surface area contributed by atoms with Crippen LogP contribution in [0.5, 0.6) is 0 Å². The molecule has 2 aromatic rings. The zero-order chi connectivity index (χ0) is 11.5. The van der Waals surface area contributed by atoms with E-state index >= 15 is 0 Å². The van der Waals surface area contributed by atoms with Gasteiger partial charge in [0.25, 0.3) is 0 Å². The number of aromatic nitrogens is 1. The van der Waals surface area contributed by atoms with Crippen LogP contribution in [0.2, 0.25) is 0 Å². The molecule has 17 heavy (non-hydrogen) atoms. The van der Waals surface area contributed by atoms with Crippen LogP contribution in [0.1, 0.15) is 36.6 Å². The predicted molar refractivity (Wildman–Crippen MR) is 72.8 cm³/mol. The van der Waals surface area contributed by atoms with Crippen molar-refractivity contribution < 1.29 is 0 Å². The average Bonchev–Trinajstić information content (AvgIpc) is 3.09. The van der Waals surface area contributed by atoms with E-state index in [0.717, 1.165) is 5.92 Å². The number of thiophene rings is 1. The van der Waals surface area contributed by atoms with Crippen molar-refractivity contribution in [3.8, 4) is 0 Å². The molecule has 0 aromatic carbocycles. The maximum Gasteiger partial charge on any atom is 0.0793 e. The van der Waals surface area contributed by atoms with Crippen LogP contribution in [0.15, 0.2) is 42.0 Å². The van der Waals surface area contributed by atoms with Crippen LogP contribution in [0.4, 0.5) is 0 Å². The van der Waals surface area contributed by atoms with Gasteiger partial charge in [-0.2, -0.15) is 0 Å². The SMILES string of the molecule is c1csc(C(Nn2cccc2)C2CCCC2)c1. The lowest BCUT2D eigenvalue weighted by Gasteiger charge is -2.25. The van der Waals surface area contributed by atoms with Gasteiger partial charge in [0.2, 0.25) is 0 Å². The second kappa shape index (κ2) is 4.96. The van der Waals surface area contributed by atoms with Crippen LogP contribution < -0.4 is 5.43 Å². The maximum absolute atomic E-state index is 3.63. The van der Waals surface area contributed by atoms with E-state index in [-0.39, 0.29) is 0 Å². The number of hydrogen-bond donors (Lipinski definition) is 1. The number of rotatable bonds is 4. The summed E-state index contributed by atoms with van der Waals surface area (Å²) in [6.45, 7) is 0. The zero-order valence-corrected chi connectivity index (χ0v) is 10.7. The van der Waals surface area contributed by atoms with Crippen LogP contribution in [0.25, 0.3) is 0 Å². The van der Waals surface area contributed by atoms with Crippen molar-refractivity contribution in [3.63, 3.8) is 0 Å². The fourth-order valence-corrected chi connectivity index (χ4v) is 3.60. The minimum absolute atomic E-state index is 0.477. The molecule has 0 saturated heterocycles. The number of nitrogens with zero attached hydrogens (tertiary/aromatic N) is 1. The van der Waals surface area contributed by atoms with E-state index in [0.29, 0.717) is 6.04 Å². The van der Waals surface area contributed by atoms with Gasteiger partial charge in [-0.3, -0.25) is 4.68 Å². The first kappa shape index (κ1) is 10.9. The van der Waals surface area contributed by atoms with Crippen molar-refractivity contribution in [3.05, 3.63) is 46.9 Å². The Bertz CT molecular complexity index is 427. The standard InChI is InChI=1S/C14H18N2S/c1-2-7-12(6-1)14(13-8-5-11-17-13)15-16-9-3-4-10-16/h3-5,8-12,14-15H,1-2,6-7H2. The largest absolute Gasteiger partial charge is 0.318 e. The van der Waals surface area contributed by atoms with Gasteiger partial charge in [0.1, 0.15) is 0 Å². The molecule has 0 radical (unpaired) electrons. The number of hydrogen-bond acceptors (Lipinski definition) is 2. The molecule has 0 aliphatic heterocycles. The highest BCUT2D eigenvalue weighted by Gasteiger charge is 2.27. The summed E-state index contributed by atoms with van der Waals surface area (Å²) in [6.07, 6.45) is 9.65. The van der Waals surface area contributed by atoms with Crippen molar-refractivity contribution in [2.45, 2.75) is 31.7 Å². The van der Waals surface area contributed by atoms with Gasteiger partial charge in [0.15, 0.2) is 0 Å². The Hall–Kier alpha value is -1.22. The highest BCUT2D eigenvalue weighted by molar-refractivity contribution is 7.10. The Balaban J connectivity index is 1.80. The maximum atomic E-state index is 3.63. The van der Waals surface area contributed by atoms with Gasteiger partial charge < -0.3 is 5.43 Å². The topological polar surface area (TPSA) is 17.0 Å². The van der Waals surface area contributed by atoms with Crippen molar-refractivity contribution in [2.75, 3.05) is 5.43 Å². The molecule has 0 bridgehead atoms. The minimum Gasteiger partial charge on any atom is -0.318 e. The van der Waals surface area contributed by atoms with E-state index in [9.17, 15) is 0 Å². The summed E-state index contributed by atoms with van der Waals surface area (Å²) in [7, 11) is 0. The monoisotopic (exact) mass is 246 g/mol. The Kier molecular flexibility index (Phi) is 3.18. The van der Waals surface area contributed by atoms with E-state index in [2.05, 4.69) is 52.1 Å². The molecule has 0 spiro atoms. The molecule has 90 valence electrons. The molecule has 0 amide bonds. The van der Waals surface area contributed by atoms with Crippen molar-refractivity contribution >= 4 is 11.3 Å². The van der Waals surface area contributed by atoms with E-state index in [4.69, 9.17) is 0 Å². The first-order valence-corrected chi connectivity index (χ1v) is 7.24. The molecule has 3 heteroatoms.